The Morgan fingerprint density at radius 2 is 1.96 bits per heavy atom. The molecular weight excluding hydrogens is 338 g/mol. The number of rotatable bonds is 5. The molecule has 1 unspecified atom stereocenters. The minimum atomic E-state index is -0.0483. The van der Waals surface area contributed by atoms with Crippen molar-refractivity contribution in [3.63, 3.8) is 0 Å². The first-order valence-corrected chi connectivity index (χ1v) is 9.67. The summed E-state index contributed by atoms with van der Waals surface area (Å²) in [5.74, 6) is 0.609. The van der Waals surface area contributed by atoms with Crippen LogP contribution in [-0.4, -0.2) is 31.1 Å². The number of nitrogens with zero attached hydrogens (tertiary/aromatic N) is 1. The zero-order valence-corrected chi connectivity index (χ0v) is 15.7. The van der Waals surface area contributed by atoms with Gasteiger partial charge in [0.15, 0.2) is 0 Å². The highest BCUT2D eigenvalue weighted by Crippen LogP contribution is 2.27. The first kappa shape index (κ1) is 17.8. The number of likely N-dealkylation sites (tertiary alicyclic amines) is 1. The van der Waals surface area contributed by atoms with Crippen molar-refractivity contribution < 1.29 is 9.15 Å². The standard InChI is InChI=1S/C23H25NO3/c1-24-14-6-5-10-18(24)13-15-26-20-11-7-12-21-22(20)23(25)19(16-27-21)17-8-3-2-4-9-17/h2-4,7-9,11-12,16,18H,5-6,10,13-15H2,1H3. The van der Waals surface area contributed by atoms with Gasteiger partial charge in [-0.05, 0) is 50.6 Å². The SMILES string of the molecule is CN1CCCCC1CCOc1cccc2occ(-c3ccccc3)c(=O)c12. The van der Waals surface area contributed by atoms with E-state index in [0.29, 0.717) is 34.9 Å². The second-order valence-electron chi connectivity index (χ2n) is 7.24. The Kier molecular flexibility index (Phi) is 5.26. The molecule has 2 heterocycles. The molecule has 4 rings (SSSR count). The van der Waals surface area contributed by atoms with Crippen molar-refractivity contribution in [3.8, 4) is 16.9 Å². The molecule has 0 radical (unpaired) electrons. The Balaban J connectivity index is 1.60. The van der Waals surface area contributed by atoms with Crippen LogP contribution in [0, 0.1) is 0 Å². The molecule has 27 heavy (non-hydrogen) atoms. The lowest BCUT2D eigenvalue weighted by Crippen LogP contribution is -2.37. The van der Waals surface area contributed by atoms with Gasteiger partial charge in [0.2, 0.25) is 5.43 Å². The van der Waals surface area contributed by atoms with E-state index in [1.54, 1.807) is 6.26 Å². The number of piperidine rings is 1. The molecule has 3 aromatic rings. The van der Waals surface area contributed by atoms with Gasteiger partial charge in [-0.2, -0.15) is 0 Å². The van der Waals surface area contributed by atoms with Crippen LogP contribution in [0.1, 0.15) is 25.7 Å². The molecule has 1 aliphatic rings. The minimum absolute atomic E-state index is 0.0483. The number of hydrogen-bond donors (Lipinski definition) is 0. The van der Waals surface area contributed by atoms with Crippen LogP contribution < -0.4 is 10.2 Å². The van der Waals surface area contributed by atoms with Crippen molar-refractivity contribution in [3.05, 3.63) is 65.0 Å². The quantitative estimate of drug-likeness (QED) is 0.658. The normalized spacial score (nSPS) is 17.9. The summed E-state index contributed by atoms with van der Waals surface area (Å²) in [6, 6.07) is 15.7. The molecule has 1 fully saturated rings. The van der Waals surface area contributed by atoms with Gasteiger partial charge in [-0.1, -0.05) is 42.8 Å². The predicted octanol–water partition coefficient (Wildman–Crippen LogP) is 4.71. The fraction of sp³-hybridized carbons (Fsp3) is 0.348. The molecule has 0 spiro atoms. The average Bonchev–Trinajstić information content (AvgIpc) is 2.70. The van der Waals surface area contributed by atoms with Crippen molar-refractivity contribution in [1.29, 1.82) is 0 Å². The molecule has 4 nitrogen and oxygen atoms in total. The smallest absolute Gasteiger partial charge is 0.204 e. The van der Waals surface area contributed by atoms with Crippen LogP contribution in [0.5, 0.6) is 5.75 Å². The van der Waals surface area contributed by atoms with Gasteiger partial charge in [0.05, 0.1) is 12.2 Å². The van der Waals surface area contributed by atoms with E-state index in [1.807, 2.05) is 48.5 Å². The van der Waals surface area contributed by atoms with Gasteiger partial charge in [-0.15, -0.1) is 0 Å². The summed E-state index contributed by atoms with van der Waals surface area (Å²) in [6.07, 6.45) is 6.29. The third-order valence-corrected chi connectivity index (χ3v) is 5.48. The Morgan fingerprint density at radius 1 is 1.11 bits per heavy atom. The molecule has 1 aliphatic heterocycles. The average molecular weight is 363 g/mol. The van der Waals surface area contributed by atoms with E-state index in [-0.39, 0.29) is 5.43 Å². The van der Waals surface area contributed by atoms with E-state index >= 15 is 0 Å². The Bertz CT molecular complexity index is 964. The maximum absolute atomic E-state index is 13.1. The largest absolute Gasteiger partial charge is 0.493 e. The van der Waals surface area contributed by atoms with E-state index in [1.165, 1.54) is 19.3 Å². The van der Waals surface area contributed by atoms with E-state index in [0.717, 1.165) is 18.5 Å². The molecule has 1 aromatic heterocycles. The fourth-order valence-corrected chi connectivity index (χ4v) is 3.89. The van der Waals surface area contributed by atoms with Crippen LogP contribution in [0.2, 0.25) is 0 Å². The van der Waals surface area contributed by atoms with Crippen LogP contribution in [0.4, 0.5) is 0 Å². The van der Waals surface area contributed by atoms with Crippen LogP contribution in [0.3, 0.4) is 0 Å². The predicted molar refractivity (Wildman–Crippen MR) is 108 cm³/mol. The molecule has 140 valence electrons. The topological polar surface area (TPSA) is 42.7 Å². The fourth-order valence-electron chi connectivity index (χ4n) is 3.89. The maximum Gasteiger partial charge on any atom is 0.204 e. The highest BCUT2D eigenvalue weighted by Gasteiger charge is 2.19. The van der Waals surface area contributed by atoms with Crippen LogP contribution in [0.25, 0.3) is 22.1 Å². The Labute approximate surface area is 159 Å². The maximum atomic E-state index is 13.1. The van der Waals surface area contributed by atoms with Crippen molar-refractivity contribution >= 4 is 11.0 Å². The molecule has 2 aromatic carbocycles. The summed E-state index contributed by atoms with van der Waals surface area (Å²) in [6.45, 7) is 1.76. The summed E-state index contributed by atoms with van der Waals surface area (Å²) in [5, 5.41) is 0.524. The van der Waals surface area contributed by atoms with Crippen LogP contribution in [0.15, 0.2) is 64.0 Å². The highest BCUT2D eigenvalue weighted by molar-refractivity contribution is 5.87. The monoisotopic (exact) mass is 363 g/mol. The van der Waals surface area contributed by atoms with E-state index < -0.39 is 0 Å². The Hall–Kier alpha value is -2.59. The molecule has 1 saturated heterocycles. The van der Waals surface area contributed by atoms with Gasteiger partial charge in [-0.25, -0.2) is 0 Å². The van der Waals surface area contributed by atoms with E-state index in [4.69, 9.17) is 9.15 Å². The molecule has 0 saturated carbocycles. The van der Waals surface area contributed by atoms with Gasteiger partial charge in [-0.3, -0.25) is 4.79 Å². The lowest BCUT2D eigenvalue weighted by molar-refractivity contribution is 0.153. The number of fused-ring (bicyclic) bond motifs is 1. The third-order valence-electron chi connectivity index (χ3n) is 5.48. The minimum Gasteiger partial charge on any atom is -0.493 e. The van der Waals surface area contributed by atoms with Crippen LogP contribution in [-0.2, 0) is 0 Å². The summed E-state index contributed by atoms with van der Waals surface area (Å²) in [5.41, 5.74) is 1.93. The summed E-state index contributed by atoms with van der Waals surface area (Å²) < 4.78 is 11.8. The van der Waals surface area contributed by atoms with Crippen molar-refractivity contribution in [2.75, 3.05) is 20.2 Å². The summed E-state index contributed by atoms with van der Waals surface area (Å²) in [4.78, 5) is 15.5. The van der Waals surface area contributed by atoms with Gasteiger partial charge in [0.25, 0.3) is 0 Å². The Morgan fingerprint density at radius 3 is 2.78 bits per heavy atom. The van der Waals surface area contributed by atoms with E-state index in [2.05, 4.69) is 11.9 Å². The second-order valence-corrected chi connectivity index (χ2v) is 7.24. The number of benzene rings is 2. The van der Waals surface area contributed by atoms with Crippen molar-refractivity contribution in [2.45, 2.75) is 31.7 Å². The lowest BCUT2D eigenvalue weighted by atomic mass is 10.0. The van der Waals surface area contributed by atoms with E-state index in [9.17, 15) is 4.79 Å². The van der Waals surface area contributed by atoms with Crippen molar-refractivity contribution in [2.24, 2.45) is 0 Å². The van der Waals surface area contributed by atoms with Gasteiger partial charge >= 0.3 is 0 Å². The third kappa shape index (κ3) is 3.76. The first-order valence-electron chi connectivity index (χ1n) is 9.67. The zero-order valence-electron chi connectivity index (χ0n) is 15.7. The molecular formula is C23H25NO3. The first-order chi connectivity index (χ1) is 13.2. The molecule has 1 atom stereocenters. The molecule has 0 N–H and O–H groups in total. The lowest BCUT2D eigenvalue weighted by Gasteiger charge is -2.32. The number of hydrogen-bond acceptors (Lipinski definition) is 4. The van der Waals surface area contributed by atoms with Gasteiger partial charge in [0, 0.05) is 6.04 Å². The van der Waals surface area contributed by atoms with Gasteiger partial charge in [0.1, 0.15) is 23.0 Å². The highest BCUT2D eigenvalue weighted by atomic mass is 16.5. The molecule has 0 aliphatic carbocycles. The summed E-state index contributed by atoms with van der Waals surface area (Å²) >= 11 is 0. The van der Waals surface area contributed by atoms with Gasteiger partial charge < -0.3 is 14.1 Å². The van der Waals surface area contributed by atoms with Crippen LogP contribution >= 0.6 is 0 Å². The van der Waals surface area contributed by atoms with Crippen molar-refractivity contribution in [1.82, 2.24) is 4.90 Å². The molecule has 4 heteroatoms. The number of ether oxygens (including phenoxy) is 1. The summed E-state index contributed by atoms with van der Waals surface area (Å²) in [7, 11) is 2.18. The molecule has 0 bridgehead atoms. The zero-order chi connectivity index (χ0) is 18.6. The molecule has 0 amide bonds. The second kappa shape index (κ2) is 7.97.